The predicted octanol–water partition coefficient (Wildman–Crippen LogP) is 4.14. The number of hydrogen-bond donors (Lipinski definition) is 1. The van der Waals surface area contributed by atoms with Gasteiger partial charge in [0, 0.05) is 10.7 Å². The molecule has 98 valence electrons. The number of rotatable bonds is 3. The smallest absolute Gasteiger partial charge is 0.228 e. The quantitative estimate of drug-likeness (QED) is 0.895. The zero-order valence-electron chi connectivity index (χ0n) is 11.0. The summed E-state index contributed by atoms with van der Waals surface area (Å²) >= 11 is 6.04. The molecule has 0 aromatic heterocycles. The van der Waals surface area contributed by atoms with Crippen LogP contribution in [0.4, 0.5) is 5.69 Å². The van der Waals surface area contributed by atoms with E-state index in [4.69, 9.17) is 11.6 Å². The lowest BCUT2D eigenvalue weighted by molar-refractivity contribution is -0.115. The third-order valence-corrected chi connectivity index (χ3v) is 3.47. The first-order chi connectivity index (χ1) is 9.06. The van der Waals surface area contributed by atoms with Crippen LogP contribution in [-0.2, 0) is 11.2 Å². The van der Waals surface area contributed by atoms with Gasteiger partial charge in [0.25, 0.3) is 0 Å². The standard InChI is InChI=1S/C16H16ClNO/c1-11-7-8-14(9-12(11)2)18-16(19)10-13-5-3-4-6-15(13)17/h3-9H,10H2,1-2H3,(H,18,19). The Morgan fingerprint density at radius 3 is 2.53 bits per heavy atom. The van der Waals surface area contributed by atoms with E-state index in [0.717, 1.165) is 16.8 Å². The van der Waals surface area contributed by atoms with Crippen LogP contribution in [0.5, 0.6) is 0 Å². The zero-order chi connectivity index (χ0) is 13.8. The molecule has 0 saturated carbocycles. The van der Waals surface area contributed by atoms with Crippen LogP contribution in [0.3, 0.4) is 0 Å². The van der Waals surface area contributed by atoms with Crippen LogP contribution in [0.1, 0.15) is 16.7 Å². The number of benzene rings is 2. The Labute approximate surface area is 118 Å². The molecule has 2 aromatic carbocycles. The second kappa shape index (κ2) is 5.89. The summed E-state index contributed by atoms with van der Waals surface area (Å²) in [6.45, 7) is 4.07. The maximum atomic E-state index is 12.0. The number of anilines is 1. The number of carbonyl (C=O) groups excluding carboxylic acids is 1. The third kappa shape index (κ3) is 3.58. The minimum absolute atomic E-state index is 0.0589. The molecule has 0 aliphatic carbocycles. The lowest BCUT2D eigenvalue weighted by Gasteiger charge is -2.08. The van der Waals surface area contributed by atoms with Gasteiger partial charge in [-0.15, -0.1) is 0 Å². The average molecular weight is 274 g/mol. The second-order valence-corrected chi connectivity index (χ2v) is 5.02. The maximum Gasteiger partial charge on any atom is 0.228 e. The highest BCUT2D eigenvalue weighted by molar-refractivity contribution is 6.31. The summed E-state index contributed by atoms with van der Waals surface area (Å²) in [5, 5.41) is 3.51. The molecule has 0 aliphatic rings. The summed E-state index contributed by atoms with van der Waals surface area (Å²) in [5.41, 5.74) is 4.03. The van der Waals surface area contributed by atoms with Crippen molar-refractivity contribution in [2.75, 3.05) is 5.32 Å². The van der Waals surface area contributed by atoms with Crippen molar-refractivity contribution < 1.29 is 4.79 Å². The van der Waals surface area contributed by atoms with Gasteiger partial charge in [0.05, 0.1) is 6.42 Å². The minimum Gasteiger partial charge on any atom is -0.326 e. The van der Waals surface area contributed by atoms with E-state index in [-0.39, 0.29) is 12.3 Å². The first-order valence-corrected chi connectivity index (χ1v) is 6.54. The zero-order valence-corrected chi connectivity index (χ0v) is 11.8. The van der Waals surface area contributed by atoms with Gasteiger partial charge in [0.2, 0.25) is 5.91 Å². The fraction of sp³-hybridized carbons (Fsp3) is 0.188. The molecule has 2 nitrogen and oxygen atoms in total. The molecule has 1 amide bonds. The number of amides is 1. The molecule has 2 aromatic rings. The van der Waals surface area contributed by atoms with Gasteiger partial charge in [-0.05, 0) is 48.7 Å². The largest absolute Gasteiger partial charge is 0.326 e. The van der Waals surface area contributed by atoms with Crippen molar-refractivity contribution in [1.82, 2.24) is 0 Å². The summed E-state index contributed by atoms with van der Waals surface area (Å²) in [7, 11) is 0. The van der Waals surface area contributed by atoms with Crippen molar-refractivity contribution in [3.05, 3.63) is 64.2 Å². The highest BCUT2D eigenvalue weighted by atomic mass is 35.5. The lowest BCUT2D eigenvalue weighted by Crippen LogP contribution is -2.14. The number of halogens is 1. The molecule has 2 rings (SSSR count). The van der Waals surface area contributed by atoms with E-state index in [1.807, 2.05) is 50.2 Å². The van der Waals surface area contributed by atoms with Gasteiger partial charge in [0.15, 0.2) is 0 Å². The average Bonchev–Trinajstić information content (AvgIpc) is 2.37. The van der Waals surface area contributed by atoms with Crippen molar-refractivity contribution in [2.24, 2.45) is 0 Å². The highest BCUT2D eigenvalue weighted by Crippen LogP contribution is 2.17. The summed E-state index contributed by atoms with van der Waals surface area (Å²) in [4.78, 5) is 12.0. The Morgan fingerprint density at radius 2 is 1.84 bits per heavy atom. The van der Waals surface area contributed by atoms with E-state index < -0.39 is 0 Å². The van der Waals surface area contributed by atoms with Crippen LogP contribution in [0.2, 0.25) is 5.02 Å². The van der Waals surface area contributed by atoms with Crippen LogP contribution in [0.25, 0.3) is 0 Å². The van der Waals surface area contributed by atoms with Crippen molar-refractivity contribution in [2.45, 2.75) is 20.3 Å². The third-order valence-electron chi connectivity index (χ3n) is 3.10. The topological polar surface area (TPSA) is 29.1 Å². The van der Waals surface area contributed by atoms with Gasteiger partial charge in [0.1, 0.15) is 0 Å². The van der Waals surface area contributed by atoms with Gasteiger partial charge in [-0.1, -0.05) is 35.9 Å². The Kier molecular flexibility index (Phi) is 4.23. The van der Waals surface area contributed by atoms with Gasteiger partial charge in [-0.25, -0.2) is 0 Å². The molecular formula is C16H16ClNO. The van der Waals surface area contributed by atoms with Crippen LogP contribution >= 0.6 is 11.6 Å². The molecule has 0 saturated heterocycles. The van der Waals surface area contributed by atoms with Crippen molar-refractivity contribution in [3.63, 3.8) is 0 Å². The molecule has 0 spiro atoms. The molecule has 19 heavy (non-hydrogen) atoms. The molecule has 0 unspecified atom stereocenters. The minimum atomic E-state index is -0.0589. The molecule has 1 N–H and O–H groups in total. The predicted molar refractivity (Wildman–Crippen MR) is 79.7 cm³/mol. The SMILES string of the molecule is Cc1ccc(NC(=O)Cc2ccccc2Cl)cc1C. The van der Waals surface area contributed by atoms with Crippen LogP contribution in [0, 0.1) is 13.8 Å². The first-order valence-electron chi connectivity index (χ1n) is 6.17. The van der Waals surface area contributed by atoms with E-state index in [1.165, 1.54) is 5.56 Å². The van der Waals surface area contributed by atoms with E-state index in [1.54, 1.807) is 6.07 Å². The molecule has 0 heterocycles. The maximum absolute atomic E-state index is 12.0. The number of aryl methyl sites for hydroxylation is 2. The highest BCUT2D eigenvalue weighted by Gasteiger charge is 2.07. The Morgan fingerprint density at radius 1 is 1.11 bits per heavy atom. The normalized spacial score (nSPS) is 10.3. The molecule has 0 bridgehead atoms. The van der Waals surface area contributed by atoms with E-state index >= 15 is 0 Å². The van der Waals surface area contributed by atoms with Crippen molar-refractivity contribution >= 4 is 23.2 Å². The van der Waals surface area contributed by atoms with Crippen LogP contribution < -0.4 is 5.32 Å². The van der Waals surface area contributed by atoms with Gasteiger partial charge in [-0.3, -0.25) is 4.79 Å². The van der Waals surface area contributed by atoms with Crippen LogP contribution in [0.15, 0.2) is 42.5 Å². The Balaban J connectivity index is 2.05. The van der Waals surface area contributed by atoms with E-state index in [2.05, 4.69) is 5.32 Å². The number of hydrogen-bond acceptors (Lipinski definition) is 1. The number of nitrogens with one attached hydrogen (secondary N) is 1. The van der Waals surface area contributed by atoms with E-state index in [9.17, 15) is 4.79 Å². The van der Waals surface area contributed by atoms with Crippen molar-refractivity contribution in [1.29, 1.82) is 0 Å². The van der Waals surface area contributed by atoms with E-state index in [0.29, 0.717) is 5.02 Å². The molecule has 0 aliphatic heterocycles. The molecular weight excluding hydrogens is 258 g/mol. The summed E-state index contributed by atoms with van der Waals surface area (Å²) in [5.74, 6) is -0.0589. The summed E-state index contributed by atoms with van der Waals surface area (Å²) in [6.07, 6.45) is 0.284. The Bertz CT molecular complexity index is 607. The fourth-order valence-corrected chi connectivity index (χ4v) is 2.04. The lowest BCUT2D eigenvalue weighted by atomic mass is 10.1. The monoisotopic (exact) mass is 273 g/mol. The Hall–Kier alpha value is -1.80. The molecule has 0 fully saturated rings. The van der Waals surface area contributed by atoms with Crippen LogP contribution in [-0.4, -0.2) is 5.91 Å². The van der Waals surface area contributed by atoms with Gasteiger partial charge in [-0.2, -0.15) is 0 Å². The molecule has 3 heteroatoms. The van der Waals surface area contributed by atoms with Gasteiger partial charge >= 0.3 is 0 Å². The summed E-state index contributed by atoms with van der Waals surface area (Å²) < 4.78 is 0. The molecule has 0 radical (unpaired) electrons. The van der Waals surface area contributed by atoms with Crippen molar-refractivity contribution in [3.8, 4) is 0 Å². The molecule has 0 atom stereocenters. The van der Waals surface area contributed by atoms with Gasteiger partial charge < -0.3 is 5.32 Å². The fourth-order valence-electron chi connectivity index (χ4n) is 1.84. The summed E-state index contributed by atoms with van der Waals surface area (Å²) in [6, 6.07) is 13.3. The first kappa shape index (κ1) is 13.6. The number of carbonyl (C=O) groups is 1. The second-order valence-electron chi connectivity index (χ2n) is 4.62.